The van der Waals surface area contributed by atoms with E-state index >= 15 is 0 Å². The molecule has 0 bridgehead atoms. The first-order valence-corrected chi connectivity index (χ1v) is 7.85. The lowest BCUT2D eigenvalue weighted by Crippen LogP contribution is -2.11. The maximum absolute atomic E-state index is 5.43. The predicted molar refractivity (Wildman–Crippen MR) is 99.5 cm³/mol. The molecule has 0 radical (unpaired) electrons. The number of hydrogen-bond acceptors (Lipinski definition) is 3. The zero-order chi connectivity index (χ0) is 16.9. The molecule has 0 aliphatic carbocycles. The molecule has 0 heterocycles. The van der Waals surface area contributed by atoms with Gasteiger partial charge >= 0.3 is 0 Å². The Morgan fingerprint density at radius 2 is 1.38 bits per heavy atom. The molecule has 0 N–H and O–H groups in total. The Morgan fingerprint density at radius 3 is 2.08 bits per heavy atom. The van der Waals surface area contributed by atoms with E-state index in [2.05, 4.69) is 60.5 Å². The van der Waals surface area contributed by atoms with Crippen molar-refractivity contribution in [1.29, 1.82) is 0 Å². The van der Waals surface area contributed by atoms with Crippen LogP contribution in [0, 0.1) is 0 Å². The molecule has 24 heavy (non-hydrogen) atoms. The smallest absolute Gasteiger partial charge is 0.162 e. The van der Waals surface area contributed by atoms with Crippen LogP contribution >= 0.6 is 0 Å². The van der Waals surface area contributed by atoms with Crippen LogP contribution < -0.4 is 14.4 Å². The van der Waals surface area contributed by atoms with E-state index in [4.69, 9.17) is 9.47 Å². The summed E-state index contributed by atoms with van der Waals surface area (Å²) in [6.45, 7) is 0. The summed E-state index contributed by atoms with van der Waals surface area (Å²) in [6.07, 6.45) is 0. The maximum atomic E-state index is 5.43. The molecule has 3 aromatic rings. The Kier molecular flexibility index (Phi) is 4.71. The second kappa shape index (κ2) is 7.09. The van der Waals surface area contributed by atoms with Crippen molar-refractivity contribution in [2.75, 3.05) is 26.2 Å². The Balaban J connectivity index is 2.04. The molecule has 3 nitrogen and oxygen atoms in total. The number of benzene rings is 3. The SMILES string of the molecule is COc1ccc(N(C)c2ccccc2-c2ccccc2)cc1OC. The molecule has 122 valence electrons. The number of hydrogen-bond donors (Lipinski definition) is 0. The Labute approximate surface area is 143 Å². The molecule has 0 spiro atoms. The molecule has 0 atom stereocenters. The lowest BCUT2D eigenvalue weighted by atomic mass is 10.0. The largest absolute Gasteiger partial charge is 0.493 e. The van der Waals surface area contributed by atoms with Gasteiger partial charge in [0.2, 0.25) is 0 Å². The molecule has 0 saturated heterocycles. The number of anilines is 2. The molecule has 0 saturated carbocycles. The van der Waals surface area contributed by atoms with Gasteiger partial charge in [-0.3, -0.25) is 0 Å². The number of para-hydroxylation sites is 1. The van der Waals surface area contributed by atoms with Crippen LogP contribution in [0.5, 0.6) is 11.5 Å². The van der Waals surface area contributed by atoms with Gasteiger partial charge in [0.15, 0.2) is 11.5 Å². The molecular formula is C21H21NO2. The summed E-state index contributed by atoms with van der Waals surface area (Å²) >= 11 is 0. The third-order valence-electron chi connectivity index (χ3n) is 4.10. The fraction of sp³-hybridized carbons (Fsp3) is 0.143. The second-order valence-electron chi connectivity index (χ2n) is 5.48. The van der Waals surface area contributed by atoms with Gasteiger partial charge in [0.05, 0.1) is 14.2 Å². The third kappa shape index (κ3) is 3.06. The first-order valence-electron chi connectivity index (χ1n) is 7.85. The van der Waals surface area contributed by atoms with Crippen LogP contribution in [0.3, 0.4) is 0 Å². The molecule has 3 heteroatoms. The highest BCUT2D eigenvalue weighted by Gasteiger charge is 2.13. The van der Waals surface area contributed by atoms with Crippen LogP contribution in [0.25, 0.3) is 11.1 Å². The lowest BCUT2D eigenvalue weighted by Gasteiger charge is -2.23. The summed E-state index contributed by atoms with van der Waals surface area (Å²) in [6, 6.07) is 24.7. The van der Waals surface area contributed by atoms with E-state index in [9.17, 15) is 0 Å². The fourth-order valence-corrected chi connectivity index (χ4v) is 2.80. The molecule has 3 rings (SSSR count). The van der Waals surface area contributed by atoms with E-state index in [1.807, 2.05) is 24.3 Å². The number of ether oxygens (including phenoxy) is 2. The third-order valence-corrected chi connectivity index (χ3v) is 4.10. The topological polar surface area (TPSA) is 21.7 Å². The number of nitrogens with zero attached hydrogens (tertiary/aromatic N) is 1. The van der Waals surface area contributed by atoms with Crippen LogP contribution in [0.2, 0.25) is 0 Å². The van der Waals surface area contributed by atoms with Gasteiger partial charge in [-0.1, -0.05) is 48.5 Å². The minimum absolute atomic E-state index is 0.721. The van der Waals surface area contributed by atoms with Crippen molar-refractivity contribution in [1.82, 2.24) is 0 Å². The van der Waals surface area contributed by atoms with Crippen LogP contribution in [-0.2, 0) is 0 Å². The van der Waals surface area contributed by atoms with Gasteiger partial charge in [-0.05, 0) is 23.8 Å². The average molecular weight is 319 g/mol. The van der Waals surface area contributed by atoms with E-state index in [1.165, 1.54) is 11.1 Å². The first-order chi connectivity index (χ1) is 11.7. The van der Waals surface area contributed by atoms with E-state index in [1.54, 1.807) is 14.2 Å². The summed E-state index contributed by atoms with van der Waals surface area (Å²) in [7, 11) is 5.36. The Hall–Kier alpha value is -2.94. The van der Waals surface area contributed by atoms with Gasteiger partial charge in [-0.15, -0.1) is 0 Å². The second-order valence-corrected chi connectivity index (χ2v) is 5.48. The van der Waals surface area contributed by atoms with Crippen LogP contribution in [0.1, 0.15) is 0 Å². The summed E-state index contributed by atoms with van der Waals surface area (Å²) < 4.78 is 10.8. The summed E-state index contributed by atoms with van der Waals surface area (Å²) in [5.41, 5.74) is 4.56. The van der Waals surface area contributed by atoms with Gasteiger partial charge in [-0.2, -0.15) is 0 Å². The Bertz CT molecular complexity index is 815. The maximum Gasteiger partial charge on any atom is 0.162 e. The van der Waals surface area contributed by atoms with E-state index < -0.39 is 0 Å². The Morgan fingerprint density at radius 1 is 0.708 bits per heavy atom. The van der Waals surface area contributed by atoms with Crippen molar-refractivity contribution in [3.63, 3.8) is 0 Å². The standard InChI is InChI=1S/C21H21NO2/c1-22(17-13-14-20(23-2)21(15-17)24-3)19-12-8-7-11-18(19)16-9-5-4-6-10-16/h4-15H,1-3H3. The minimum Gasteiger partial charge on any atom is -0.493 e. The summed E-state index contributed by atoms with van der Waals surface area (Å²) in [4.78, 5) is 2.16. The van der Waals surface area contributed by atoms with Crippen molar-refractivity contribution >= 4 is 11.4 Å². The lowest BCUT2D eigenvalue weighted by molar-refractivity contribution is 0.355. The average Bonchev–Trinajstić information content (AvgIpc) is 2.67. The van der Waals surface area contributed by atoms with Crippen LogP contribution in [0.15, 0.2) is 72.8 Å². The van der Waals surface area contributed by atoms with Crippen molar-refractivity contribution in [3.8, 4) is 22.6 Å². The van der Waals surface area contributed by atoms with E-state index in [0.29, 0.717) is 0 Å². The first kappa shape index (κ1) is 15.9. The molecule has 0 aliphatic heterocycles. The molecule has 0 fully saturated rings. The van der Waals surface area contributed by atoms with Gasteiger partial charge in [0.25, 0.3) is 0 Å². The van der Waals surface area contributed by atoms with Crippen molar-refractivity contribution < 1.29 is 9.47 Å². The molecule has 0 aliphatic rings. The summed E-state index contributed by atoms with van der Waals surface area (Å²) in [5, 5.41) is 0. The summed E-state index contributed by atoms with van der Waals surface area (Å²) in [5.74, 6) is 1.45. The minimum atomic E-state index is 0.721. The van der Waals surface area contributed by atoms with Gasteiger partial charge in [-0.25, -0.2) is 0 Å². The molecule has 0 unspecified atom stereocenters. The number of rotatable bonds is 5. The molecule has 0 aromatic heterocycles. The monoisotopic (exact) mass is 319 g/mol. The van der Waals surface area contributed by atoms with Gasteiger partial charge in [0, 0.05) is 30.1 Å². The van der Waals surface area contributed by atoms with Gasteiger partial charge < -0.3 is 14.4 Å². The fourth-order valence-electron chi connectivity index (χ4n) is 2.80. The highest BCUT2D eigenvalue weighted by atomic mass is 16.5. The van der Waals surface area contributed by atoms with Crippen LogP contribution in [0.4, 0.5) is 11.4 Å². The van der Waals surface area contributed by atoms with Crippen molar-refractivity contribution in [2.45, 2.75) is 0 Å². The predicted octanol–water partition coefficient (Wildman–Crippen LogP) is 5.14. The molecular weight excluding hydrogens is 298 g/mol. The van der Waals surface area contributed by atoms with E-state index in [-0.39, 0.29) is 0 Å². The zero-order valence-electron chi connectivity index (χ0n) is 14.2. The normalized spacial score (nSPS) is 10.3. The highest BCUT2D eigenvalue weighted by Crippen LogP contribution is 2.37. The van der Waals surface area contributed by atoms with Gasteiger partial charge in [0.1, 0.15) is 0 Å². The molecule has 0 amide bonds. The van der Waals surface area contributed by atoms with Crippen molar-refractivity contribution in [2.24, 2.45) is 0 Å². The van der Waals surface area contributed by atoms with E-state index in [0.717, 1.165) is 22.9 Å². The number of methoxy groups -OCH3 is 2. The van der Waals surface area contributed by atoms with Crippen molar-refractivity contribution in [3.05, 3.63) is 72.8 Å². The highest BCUT2D eigenvalue weighted by molar-refractivity contribution is 5.82. The van der Waals surface area contributed by atoms with Crippen LogP contribution in [-0.4, -0.2) is 21.3 Å². The zero-order valence-corrected chi connectivity index (χ0v) is 14.2. The molecule has 3 aromatic carbocycles. The quantitative estimate of drug-likeness (QED) is 0.650.